The summed E-state index contributed by atoms with van der Waals surface area (Å²) in [6.45, 7) is 8.89. The number of benzene rings is 1. The van der Waals surface area contributed by atoms with Crippen LogP contribution < -0.4 is 0 Å². The summed E-state index contributed by atoms with van der Waals surface area (Å²) in [7, 11) is 2.04. The topological polar surface area (TPSA) is 17.3 Å². The van der Waals surface area contributed by atoms with Gasteiger partial charge in [0.25, 0.3) is 0 Å². The molecule has 20 heavy (non-hydrogen) atoms. The van der Waals surface area contributed by atoms with Crippen molar-refractivity contribution < 1.29 is 0 Å². The lowest BCUT2D eigenvalue weighted by molar-refractivity contribution is 0.834. The molecule has 2 aromatic rings. The lowest BCUT2D eigenvalue weighted by atomic mass is 9.93. The van der Waals surface area contributed by atoms with E-state index in [1.165, 1.54) is 11.1 Å². The van der Waals surface area contributed by atoms with Crippen LogP contribution in [0, 0.1) is 0 Å². The minimum absolute atomic E-state index is 0.481. The SMILES string of the molecule is CC(C)c1cccc(C(C)C)c1N=Cc1cccn1C. The Hall–Kier alpha value is -1.83. The summed E-state index contributed by atoms with van der Waals surface area (Å²) in [6, 6.07) is 10.6. The van der Waals surface area contributed by atoms with Crippen molar-refractivity contribution in [2.45, 2.75) is 39.5 Å². The molecule has 2 nitrogen and oxygen atoms in total. The van der Waals surface area contributed by atoms with Crippen molar-refractivity contribution in [2.24, 2.45) is 12.0 Å². The van der Waals surface area contributed by atoms with Crippen molar-refractivity contribution in [2.75, 3.05) is 0 Å². The van der Waals surface area contributed by atoms with Gasteiger partial charge < -0.3 is 4.57 Å². The van der Waals surface area contributed by atoms with Crippen LogP contribution >= 0.6 is 0 Å². The van der Waals surface area contributed by atoms with Crippen LogP contribution in [0.4, 0.5) is 5.69 Å². The molecule has 0 atom stereocenters. The third-order valence-corrected chi connectivity index (χ3v) is 3.65. The summed E-state index contributed by atoms with van der Waals surface area (Å²) < 4.78 is 2.08. The van der Waals surface area contributed by atoms with Gasteiger partial charge in [0.2, 0.25) is 0 Å². The number of aryl methyl sites for hydroxylation is 1. The molecule has 1 heterocycles. The Morgan fingerprint density at radius 1 is 0.950 bits per heavy atom. The first-order valence-corrected chi connectivity index (χ1v) is 7.29. The lowest BCUT2D eigenvalue weighted by Crippen LogP contribution is -1.97. The molecule has 0 amide bonds. The number of hydrogen-bond donors (Lipinski definition) is 0. The lowest BCUT2D eigenvalue weighted by Gasteiger charge is -2.16. The zero-order valence-electron chi connectivity index (χ0n) is 13.1. The highest BCUT2D eigenvalue weighted by molar-refractivity contribution is 5.81. The molecular formula is C18H24N2. The number of nitrogens with zero attached hydrogens (tertiary/aromatic N) is 2. The summed E-state index contributed by atoms with van der Waals surface area (Å²) in [5.74, 6) is 0.962. The van der Waals surface area contributed by atoms with Gasteiger partial charge in [0, 0.05) is 13.2 Å². The Kier molecular flexibility index (Phi) is 4.43. The molecule has 2 heteroatoms. The van der Waals surface area contributed by atoms with E-state index in [9.17, 15) is 0 Å². The number of aliphatic imine (C=N–C) groups is 1. The van der Waals surface area contributed by atoms with Gasteiger partial charge >= 0.3 is 0 Å². The summed E-state index contributed by atoms with van der Waals surface area (Å²) in [4.78, 5) is 4.81. The molecule has 0 aliphatic carbocycles. The Balaban J connectivity index is 2.48. The fourth-order valence-electron chi connectivity index (χ4n) is 2.40. The molecular weight excluding hydrogens is 244 g/mol. The fraction of sp³-hybridized carbons (Fsp3) is 0.389. The van der Waals surface area contributed by atoms with Gasteiger partial charge in [0.05, 0.1) is 17.6 Å². The van der Waals surface area contributed by atoms with Gasteiger partial charge in [-0.25, -0.2) is 0 Å². The van der Waals surface area contributed by atoms with E-state index in [0.29, 0.717) is 11.8 Å². The maximum Gasteiger partial charge on any atom is 0.0699 e. The van der Waals surface area contributed by atoms with Crippen LogP contribution in [0.2, 0.25) is 0 Å². The molecule has 106 valence electrons. The molecule has 0 radical (unpaired) electrons. The molecule has 0 bridgehead atoms. The maximum absolute atomic E-state index is 4.81. The average molecular weight is 268 g/mol. The van der Waals surface area contributed by atoms with Crippen LogP contribution in [-0.2, 0) is 7.05 Å². The highest BCUT2D eigenvalue weighted by atomic mass is 14.9. The van der Waals surface area contributed by atoms with Crippen molar-refractivity contribution in [3.8, 4) is 0 Å². The van der Waals surface area contributed by atoms with Gasteiger partial charge in [-0.1, -0.05) is 45.9 Å². The minimum Gasteiger partial charge on any atom is -0.350 e. The number of hydrogen-bond acceptors (Lipinski definition) is 1. The second kappa shape index (κ2) is 6.08. The molecule has 0 unspecified atom stereocenters. The highest BCUT2D eigenvalue weighted by Gasteiger charge is 2.12. The third kappa shape index (κ3) is 3.01. The van der Waals surface area contributed by atoms with Crippen molar-refractivity contribution in [3.05, 3.63) is 53.3 Å². The van der Waals surface area contributed by atoms with Crippen molar-refractivity contribution >= 4 is 11.9 Å². The molecule has 0 aliphatic heterocycles. The van der Waals surface area contributed by atoms with E-state index >= 15 is 0 Å². The average Bonchev–Trinajstić information content (AvgIpc) is 2.81. The monoisotopic (exact) mass is 268 g/mol. The van der Waals surface area contributed by atoms with E-state index in [0.717, 1.165) is 11.4 Å². The normalized spacial score (nSPS) is 11.9. The first-order valence-electron chi connectivity index (χ1n) is 7.29. The van der Waals surface area contributed by atoms with Gasteiger partial charge in [0.1, 0.15) is 0 Å². The molecule has 1 aromatic heterocycles. The van der Waals surface area contributed by atoms with Crippen LogP contribution in [0.25, 0.3) is 0 Å². The van der Waals surface area contributed by atoms with Gasteiger partial charge in [-0.2, -0.15) is 0 Å². The van der Waals surface area contributed by atoms with Crippen molar-refractivity contribution in [1.29, 1.82) is 0 Å². The van der Waals surface area contributed by atoms with Crippen LogP contribution in [0.3, 0.4) is 0 Å². The van der Waals surface area contributed by atoms with Crippen molar-refractivity contribution in [3.63, 3.8) is 0 Å². The van der Waals surface area contributed by atoms with E-state index < -0.39 is 0 Å². The zero-order chi connectivity index (χ0) is 14.7. The molecule has 0 aliphatic rings. The van der Waals surface area contributed by atoms with Crippen LogP contribution in [0.15, 0.2) is 41.5 Å². The Bertz CT molecular complexity index is 577. The van der Waals surface area contributed by atoms with E-state index in [1.807, 2.05) is 25.5 Å². The molecule has 0 N–H and O–H groups in total. The summed E-state index contributed by atoms with van der Waals surface area (Å²) >= 11 is 0. The van der Waals surface area contributed by atoms with Gasteiger partial charge in [-0.05, 0) is 35.1 Å². The van der Waals surface area contributed by atoms with Crippen LogP contribution in [-0.4, -0.2) is 10.8 Å². The number of para-hydroxylation sites is 1. The summed E-state index contributed by atoms with van der Waals surface area (Å²) in [5, 5.41) is 0. The van der Waals surface area contributed by atoms with Gasteiger partial charge in [-0.15, -0.1) is 0 Å². The standard InChI is InChI=1S/C18H24N2/c1-13(2)16-9-6-10-17(14(3)4)18(16)19-12-15-8-7-11-20(15)5/h6-14H,1-5H3. The minimum atomic E-state index is 0.481. The third-order valence-electron chi connectivity index (χ3n) is 3.65. The predicted molar refractivity (Wildman–Crippen MR) is 87.3 cm³/mol. The molecule has 2 rings (SSSR count). The van der Waals surface area contributed by atoms with Crippen LogP contribution in [0.5, 0.6) is 0 Å². The first-order chi connectivity index (χ1) is 9.50. The van der Waals surface area contributed by atoms with Gasteiger partial charge in [0.15, 0.2) is 0 Å². The predicted octanol–water partition coefficient (Wildman–Crippen LogP) is 5.02. The Morgan fingerprint density at radius 2 is 1.55 bits per heavy atom. The summed E-state index contributed by atoms with van der Waals surface area (Å²) in [5.41, 5.74) is 4.90. The molecule has 0 fully saturated rings. The second-order valence-corrected chi connectivity index (χ2v) is 5.90. The van der Waals surface area contributed by atoms with Crippen LogP contribution in [0.1, 0.15) is 56.4 Å². The smallest absolute Gasteiger partial charge is 0.0699 e. The molecule has 0 saturated heterocycles. The Labute approximate surface area is 122 Å². The first kappa shape index (κ1) is 14.6. The Morgan fingerprint density at radius 3 is 2.00 bits per heavy atom. The largest absolute Gasteiger partial charge is 0.350 e. The zero-order valence-corrected chi connectivity index (χ0v) is 13.1. The van der Waals surface area contributed by atoms with E-state index in [1.54, 1.807) is 0 Å². The molecule has 0 saturated carbocycles. The van der Waals surface area contributed by atoms with E-state index in [4.69, 9.17) is 4.99 Å². The number of aromatic nitrogens is 1. The number of rotatable bonds is 4. The van der Waals surface area contributed by atoms with E-state index in [-0.39, 0.29) is 0 Å². The maximum atomic E-state index is 4.81. The second-order valence-electron chi connectivity index (χ2n) is 5.90. The van der Waals surface area contributed by atoms with E-state index in [2.05, 4.69) is 56.5 Å². The summed E-state index contributed by atoms with van der Waals surface area (Å²) in [6.07, 6.45) is 4.01. The molecule has 0 spiro atoms. The fourth-order valence-corrected chi connectivity index (χ4v) is 2.40. The van der Waals surface area contributed by atoms with Crippen molar-refractivity contribution in [1.82, 2.24) is 4.57 Å². The quantitative estimate of drug-likeness (QED) is 0.693. The highest BCUT2D eigenvalue weighted by Crippen LogP contribution is 2.34. The molecule has 1 aromatic carbocycles. The van der Waals surface area contributed by atoms with Gasteiger partial charge in [-0.3, -0.25) is 4.99 Å².